The van der Waals surface area contributed by atoms with Crippen molar-refractivity contribution < 1.29 is 9.59 Å². The highest BCUT2D eigenvalue weighted by atomic mass is 32.2. The first-order valence-electron chi connectivity index (χ1n) is 10.3. The standard InChI is InChI=1S/C24H32N2O2S/c1-4-15-25-24(28)22(5-2)26(16-20-9-7-6-8-10-20)23(27)18-29-17-21-13-11-19(3)12-14-21/h6-14,22H,4-5,15-18H2,1-3H3,(H,25,28). The van der Waals surface area contributed by atoms with Crippen LogP contribution in [0.5, 0.6) is 0 Å². The number of thioether (sulfide) groups is 1. The number of carbonyl (C=O) groups is 2. The Kier molecular flexibility index (Phi) is 9.78. The normalized spacial score (nSPS) is 11.7. The maximum absolute atomic E-state index is 13.1. The third-order valence-corrected chi connectivity index (χ3v) is 5.73. The van der Waals surface area contributed by atoms with Crippen LogP contribution in [0.15, 0.2) is 54.6 Å². The van der Waals surface area contributed by atoms with Gasteiger partial charge in [0.15, 0.2) is 0 Å². The van der Waals surface area contributed by atoms with Gasteiger partial charge in [-0.2, -0.15) is 0 Å². The highest BCUT2D eigenvalue weighted by molar-refractivity contribution is 7.99. The van der Waals surface area contributed by atoms with Crippen molar-refractivity contribution in [2.45, 2.75) is 52.0 Å². The van der Waals surface area contributed by atoms with Crippen molar-refractivity contribution >= 4 is 23.6 Å². The van der Waals surface area contributed by atoms with Gasteiger partial charge in [0.2, 0.25) is 11.8 Å². The molecular formula is C24H32N2O2S. The zero-order chi connectivity index (χ0) is 21.1. The number of benzene rings is 2. The molecule has 29 heavy (non-hydrogen) atoms. The van der Waals surface area contributed by atoms with Crippen LogP contribution in [0, 0.1) is 6.92 Å². The number of amides is 2. The second-order valence-corrected chi connectivity index (χ2v) is 8.19. The molecule has 0 saturated heterocycles. The zero-order valence-corrected chi connectivity index (χ0v) is 18.5. The topological polar surface area (TPSA) is 49.4 Å². The van der Waals surface area contributed by atoms with Crippen LogP contribution in [0.2, 0.25) is 0 Å². The monoisotopic (exact) mass is 412 g/mol. The molecule has 2 aromatic carbocycles. The Balaban J connectivity index is 2.06. The Morgan fingerprint density at radius 1 is 1.00 bits per heavy atom. The molecular weight excluding hydrogens is 380 g/mol. The average molecular weight is 413 g/mol. The van der Waals surface area contributed by atoms with Crippen molar-refractivity contribution in [2.24, 2.45) is 0 Å². The summed E-state index contributed by atoms with van der Waals surface area (Å²) in [5.74, 6) is 1.08. The Bertz CT molecular complexity index is 762. The molecule has 0 radical (unpaired) electrons. The van der Waals surface area contributed by atoms with E-state index in [1.54, 1.807) is 16.7 Å². The lowest BCUT2D eigenvalue weighted by Crippen LogP contribution is -2.49. The molecule has 2 amide bonds. The number of rotatable bonds is 11. The van der Waals surface area contributed by atoms with Crippen molar-refractivity contribution in [3.63, 3.8) is 0 Å². The van der Waals surface area contributed by atoms with Crippen LogP contribution in [-0.2, 0) is 21.9 Å². The molecule has 0 aliphatic carbocycles. The Hall–Kier alpha value is -2.27. The quantitative estimate of drug-likeness (QED) is 0.588. The highest BCUT2D eigenvalue weighted by Gasteiger charge is 2.28. The van der Waals surface area contributed by atoms with Crippen LogP contribution in [0.4, 0.5) is 0 Å². The molecule has 0 spiro atoms. The minimum atomic E-state index is -0.450. The van der Waals surface area contributed by atoms with Crippen LogP contribution in [0.25, 0.3) is 0 Å². The van der Waals surface area contributed by atoms with Crippen LogP contribution < -0.4 is 5.32 Å². The van der Waals surface area contributed by atoms with Crippen molar-refractivity contribution in [2.75, 3.05) is 12.3 Å². The molecule has 0 aliphatic rings. The second kappa shape index (κ2) is 12.3. The fraction of sp³-hybridized carbons (Fsp3) is 0.417. The fourth-order valence-electron chi connectivity index (χ4n) is 3.09. The summed E-state index contributed by atoms with van der Waals surface area (Å²) in [5, 5.41) is 2.95. The number of aryl methyl sites for hydroxylation is 1. The number of nitrogens with zero attached hydrogens (tertiary/aromatic N) is 1. The smallest absolute Gasteiger partial charge is 0.242 e. The molecule has 0 bridgehead atoms. The predicted molar refractivity (Wildman–Crippen MR) is 122 cm³/mol. The first-order chi connectivity index (χ1) is 14.0. The van der Waals surface area contributed by atoms with Gasteiger partial charge in [0.05, 0.1) is 5.75 Å². The van der Waals surface area contributed by atoms with E-state index in [4.69, 9.17) is 0 Å². The van der Waals surface area contributed by atoms with E-state index in [0.29, 0.717) is 25.3 Å². The van der Waals surface area contributed by atoms with Gasteiger partial charge < -0.3 is 10.2 Å². The largest absolute Gasteiger partial charge is 0.354 e. The summed E-state index contributed by atoms with van der Waals surface area (Å²) in [6.45, 7) is 7.13. The van der Waals surface area contributed by atoms with Crippen LogP contribution in [0.1, 0.15) is 43.4 Å². The number of hydrogen-bond acceptors (Lipinski definition) is 3. The second-order valence-electron chi connectivity index (χ2n) is 7.20. The van der Waals surface area contributed by atoms with E-state index in [-0.39, 0.29) is 11.8 Å². The minimum absolute atomic E-state index is 0.00413. The van der Waals surface area contributed by atoms with Gasteiger partial charge in [-0.25, -0.2) is 0 Å². The average Bonchev–Trinajstić information content (AvgIpc) is 2.74. The van der Waals surface area contributed by atoms with Gasteiger partial charge in [-0.05, 0) is 30.9 Å². The fourth-order valence-corrected chi connectivity index (χ4v) is 3.96. The Morgan fingerprint density at radius 2 is 1.69 bits per heavy atom. The third kappa shape index (κ3) is 7.58. The molecule has 0 saturated carbocycles. The van der Waals surface area contributed by atoms with E-state index >= 15 is 0 Å². The van der Waals surface area contributed by atoms with Gasteiger partial charge in [0, 0.05) is 18.8 Å². The minimum Gasteiger partial charge on any atom is -0.354 e. The summed E-state index contributed by atoms with van der Waals surface area (Å²) >= 11 is 1.59. The third-order valence-electron chi connectivity index (χ3n) is 4.75. The molecule has 2 rings (SSSR count). The first kappa shape index (κ1) is 23.0. The van der Waals surface area contributed by atoms with E-state index in [9.17, 15) is 9.59 Å². The highest BCUT2D eigenvalue weighted by Crippen LogP contribution is 2.17. The summed E-state index contributed by atoms with van der Waals surface area (Å²) in [7, 11) is 0. The molecule has 0 heterocycles. The molecule has 0 aromatic heterocycles. The molecule has 1 unspecified atom stereocenters. The lowest BCUT2D eigenvalue weighted by molar-refractivity contribution is -0.139. The Labute approximate surface area is 179 Å². The summed E-state index contributed by atoms with van der Waals surface area (Å²) < 4.78 is 0. The summed E-state index contributed by atoms with van der Waals surface area (Å²) in [5.41, 5.74) is 3.47. The molecule has 4 nitrogen and oxygen atoms in total. The van der Waals surface area contributed by atoms with E-state index in [1.807, 2.05) is 44.2 Å². The van der Waals surface area contributed by atoms with Gasteiger partial charge in [-0.15, -0.1) is 11.8 Å². The summed E-state index contributed by atoms with van der Waals surface area (Å²) in [6.07, 6.45) is 1.47. The molecule has 1 atom stereocenters. The molecule has 0 aliphatic heterocycles. The van der Waals surface area contributed by atoms with Gasteiger partial charge >= 0.3 is 0 Å². The Morgan fingerprint density at radius 3 is 2.31 bits per heavy atom. The van der Waals surface area contributed by atoms with E-state index in [0.717, 1.165) is 17.7 Å². The lowest BCUT2D eigenvalue weighted by Gasteiger charge is -2.30. The van der Waals surface area contributed by atoms with E-state index in [1.165, 1.54) is 11.1 Å². The molecule has 0 fully saturated rings. The van der Waals surface area contributed by atoms with Gasteiger partial charge in [0.25, 0.3) is 0 Å². The summed E-state index contributed by atoms with van der Waals surface area (Å²) in [6, 6.07) is 17.8. The first-order valence-corrected chi connectivity index (χ1v) is 11.4. The van der Waals surface area contributed by atoms with Gasteiger partial charge in [0.1, 0.15) is 6.04 Å². The van der Waals surface area contributed by atoms with Crippen LogP contribution >= 0.6 is 11.8 Å². The SMILES string of the molecule is CCCNC(=O)C(CC)N(Cc1ccccc1)C(=O)CSCc1ccc(C)cc1. The predicted octanol–water partition coefficient (Wildman–Crippen LogP) is 4.56. The van der Waals surface area contributed by atoms with Gasteiger partial charge in [-0.3, -0.25) is 9.59 Å². The van der Waals surface area contributed by atoms with Crippen molar-refractivity contribution in [1.29, 1.82) is 0 Å². The zero-order valence-electron chi connectivity index (χ0n) is 17.7. The van der Waals surface area contributed by atoms with E-state index < -0.39 is 6.04 Å². The van der Waals surface area contributed by atoms with Crippen LogP contribution in [0.3, 0.4) is 0 Å². The molecule has 2 aromatic rings. The number of hydrogen-bond donors (Lipinski definition) is 1. The molecule has 5 heteroatoms. The van der Waals surface area contributed by atoms with Gasteiger partial charge in [-0.1, -0.05) is 74.0 Å². The van der Waals surface area contributed by atoms with Crippen molar-refractivity contribution in [3.8, 4) is 0 Å². The lowest BCUT2D eigenvalue weighted by atomic mass is 10.1. The van der Waals surface area contributed by atoms with Crippen molar-refractivity contribution in [1.82, 2.24) is 10.2 Å². The summed E-state index contributed by atoms with van der Waals surface area (Å²) in [4.78, 5) is 27.5. The van der Waals surface area contributed by atoms with Crippen LogP contribution in [-0.4, -0.2) is 35.1 Å². The number of carbonyl (C=O) groups excluding carboxylic acids is 2. The van der Waals surface area contributed by atoms with Crippen molar-refractivity contribution in [3.05, 3.63) is 71.3 Å². The molecule has 1 N–H and O–H groups in total. The molecule has 156 valence electrons. The number of nitrogens with one attached hydrogen (secondary N) is 1. The maximum atomic E-state index is 13.1. The van der Waals surface area contributed by atoms with E-state index in [2.05, 4.69) is 36.5 Å². The maximum Gasteiger partial charge on any atom is 0.242 e.